The Kier molecular flexibility index (Phi) is 4.73. The van der Waals surface area contributed by atoms with Crippen LogP contribution in [0.25, 0.3) is 11.1 Å². The van der Waals surface area contributed by atoms with Gasteiger partial charge in [0.1, 0.15) is 0 Å². The van der Waals surface area contributed by atoms with Gasteiger partial charge in [-0.25, -0.2) is 0 Å². The Hall–Kier alpha value is -1.31. The summed E-state index contributed by atoms with van der Waals surface area (Å²) in [6, 6.07) is 15.1. The van der Waals surface area contributed by atoms with E-state index in [2.05, 4.69) is 56.3 Å². The fourth-order valence-corrected chi connectivity index (χ4v) is 1.89. The molecule has 0 aliphatic rings. The fourth-order valence-electron chi connectivity index (χ4n) is 1.89. The third-order valence-electron chi connectivity index (χ3n) is 2.76. The molecule has 0 saturated carbocycles. The highest BCUT2D eigenvalue weighted by Gasteiger charge is 2.00. The lowest BCUT2D eigenvalue weighted by molar-refractivity contribution is 1.07. The second-order valence-electron chi connectivity index (χ2n) is 4.28. The van der Waals surface area contributed by atoms with Crippen LogP contribution in [0.3, 0.4) is 0 Å². The van der Waals surface area contributed by atoms with Gasteiger partial charge in [0.25, 0.3) is 0 Å². The van der Waals surface area contributed by atoms with Gasteiger partial charge in [0.05, 0.1) is 0 Å². The normalized spacial score (nSPS) is 9.82. The highest BCUT2D eigenvalue weighted by Crippen LogP contribution is 2.22. The molecule has 90 valence electrons. The zero-order valence-corrected chi connectivity index (χ0v) is 11.1. The van der Waals surface area contributed by atoms with E-state index in [1.54, 1.807) is 0 Å². The predicted octanol–water partition coefficient (Wildman–Crippen LogP) is 3.85. The van der Waals surface area contributed by atoms with Gasteiger partial charge in [-0.15, -0.1) is 12.4 Å². The second kappa shape index (κ2) is 5.85. The molecule has 2 rings (SSSR count). The largest absolute Gasteiger partial charge is 0.326 e. The molecule has 2 heteroatoms. The van der Waals surface area contributed by atoms with Gasteiger partial charge in [0.15, 0.2) is 0 Å². The van der Waals surface area contributed by atoms with E-state index in [1.165, 1.54) is 27.8 Å². The molecule has 0 saturated heterocycles. The van der Waals surface area contributed by atoms with Crippen molar-refractivity contribution in [3.63, 3.8) is 0 Å². The van der Waals surface area contributed by atoms with Crippen LogP contribution in [0.1, 0.15) is 16.7 Å². The third-order valence-corrected chi connectivity index (χ3v) is 2.76. The fraction of sp³-hybridized carbons (Fsp3) is 0.200. The molecule has 0 fully saturated rings. The average molecular weight is 248 g/mol. The zero-order valence-electron chi connectivity index (χ0n) is 10.2. The summed E-state index contributed by atoms with van der Waals surface area (Å²) in [7, 11) is 0. The molecule has 0 atom stereocenters. The predicted molar refractivity (Wildman–Crippen MR) is 76.5 cm³/mol. The Morgan fingerprint density at radius 1 is 0.824 bits per heavy atom. The molecule has 0 amide bonds. The quantitative estimate of drug-likeness (QED) is 0.857. The lowest BCUT2D eigenvalue weighted by Gasteiger charge is -2.07. The summed E-state index contributed by atoms with van der Waals surface area (Å²) >= 11 is 0. The maximum atomic E-state index is 5.69. The van der Waals surface area contributed by atoms with Gasteiger partial charge in [-0.3, -0.25) is 0 Å². The Morgan fingerprint density at radius 3 is 2.06 bits per heavy atom. The van der Waals surface area contributed by atoms with Crippen LogP contribution in [0.2, 0.25) is 0 Å². The van der Waals surface area contributed by atoms with E-state index in [0.29, 0.717) is 6.54 Å². The number of aryl methyl sites for hydroxylation is 2. The van der Waals surface area contributed by atoms with Gasteiger partial charge >= 0.3 is 0 Å². The Bertz CT molecular complexity index is 489. The highest BCUT2D eigenvalue weighted by atomic mass is 35.5. The van der Waals surface area contributed by atoms with Gasteiger partial charge < -0.3 is 5.73 Å². The Balaban J connectivity index is 0.00000144. The first-order chi connectivity index (χ1) is 7.69. The van der Waals surface area contributed by atoms with E-state index < -0.39 is 0 Å². The standard InChI is InChI=1S/C15H17N.ClH/c1-11-3-5-14(6-4-11)15-8-12(2)7-13(9-15)10-16;/h3-9H,10,16H2,1-2H3;1H. The molecule has 0 unspecified atom stereocenters. The Labute approximate surface area is 109 Å². The van der Waals surface area contributed by atoms with Crippen LogP contribution < -0.4 is 5.73 Å². The first kappa shape index (κ1) is 13.8. The van der Waals surface area contributed by atoms with E-state index >= 15 is 0 Å². The maximum Gasteiger partial charge on any atom is 0.0178 e. The summed E-state index contributed by atoms with van der Waals surface area (Å²) < 4.78 is 0. The van der Waals surface area contributed by atoms with E-state index in [4.69, 9.17) is 5.73 Å². The average Bonchev–Trinajstić information content (AvgIpc) is 2.29. The lowest BCUT2D eigenvalue weighted by atomic mass is 9.99. The van der Waals surface area contributed by atoms with Crippen molar-refractivity contribution in [2.75, 3.05) is 0 Å². The lowest BCUT2D eigenvalue weighted by Crippen LogP contribution is -1.97. The molecular weight excluding hydrogens is 230 g/mol. The van der Waals surface area contributed by atoms with Crippen LogP contribution in [-0.2, 0) is 6.54 Å². The summed E-state index contributed by atoms with van der Waals surface area (Å²) in [5, 5.41) is 0. The Morgan fingerprint density at radius 2 is 1.47 bits per heavy atom. The van der Waals surface area contributed by atoms with Crippen LogP contribution >= 0.6 is 12.4 Å². The number of nitrogens with two attached hydrogens (primary N) is 1. The molecule has 0 heterocycles. The van der Waals surface area contributed by atoms with Gasteiger partial charge in [-0.1, -0.05) is 47.5 Å². The van der Waals surface area contributed by atoms with E-state index in [-0.39, 0.29) is 12.4 Å². The maximum absolute atomic E-state index is 5.69. The van der Waals surface area contributed by atoms with Crippen molar-refractivity contribution in [1.82, 2.24) is 0 Å². The molecule has 0 aromatic heterocycles. The minimum Gasteiger partial charge on any atom is -0.326 e. The summed E-state index contributed by atoms with van der Waals surface area (Å²) in [5.41, 5.74) is 11.9. The van der Waals surface area contributed by atoms with E-state index in [0.717, 1.165) is 0 Å². The number of hydrogen-bond acceptors (Lipinski definition) is 1. The van der Waals surface area contributed by atoms with Crippen molar-refractivity contribution in [1.29, 1.82) is 0 Å². The van der Waals surface area contributed by atoms with E-state index in [9.17, 15) is 0 Å². The first-order valence-electron chi connectivity index (χ1n) is 5.57. The van der Waals surface area contributed by atoms with Crippen molar-refractivity contribution >= 4 is 12.4 Å². The van der Waals surface area contributed by atoms with E-state index in [1.807, 2.05) is 0 Å². The highest BCUT2D eigenvalue weighted by molar-refractivity contribution is 5.85. The molecule has 2 aromatic carbocycles. The summed E-state index contributed by atoms with van der Waals surface area (Å²) in [5.74, 6) is 0. The number of rotatable bonds is 2. The smallest absolute Gasteiger partial charge is 0.0178 e. The molecule has 2 N–H and O–H groups in total. The molecule has 17 heavy (non-hydrogen) atoms. The summed E-state index contributed by atoms with van der Waals surface area (Å²) in [6.07, 6.45) is 0. The van der Waals surface area contributed by atoms with Gasteiger partial charge in [0, 0.05) is 6.54 Å². The zero-order chi connectivity index (χ0) is 11.5. The SMILES string of the molecule is Cc1ccc(-c2cc(C)cc(CN)c2)cc1.Cl. The molecule has 0 spiro atoms. The van der Waals surface area contributed by atoms with Crippen molar-refractivity contribution in [2.24, 2.45) is 5.73 Å². The monoisotopic (exact) mass is 247 g/mol. The van der Waals surface area contributed by atoms with Crippen LogP contribution in [-0.4, -0.2) is 0 Å². The van der Waals surface area contributed by atoms with Crippen LogP contribution in [0.4, 0.5) is 0 Å². The van der Waals surface area contributed by atoms with Gasteiger partial charge in [-0.05, 0) is 36.6 Å². The molecule has 1 nitrogen and oxygen atoms in total. The van der Waals surface area contributed by atoms with Gasteiger partial charge in [-0.2, -0.15) is 0 Å². The van der Waals surface area contributed by atoms with Gasteiger partial charge in [0.2, 0.25) is 0 Å². The second-order valence-corrected chi connectivity index (χ2v) is 4.28. The van der Waals surface area contributed by atoms with Crippen molar-refractivity contribution < 1.29 is 0 Å². The molecule has 0 bridgehead atoms. The van der Waals surface area contributed by atoms with Crippen molar-refractivity contribution in [2.45, 2.75) is 20.4 Å². The van der Waals surface area contributed by atoms with Crippen LogP contribution in [0, 0.1) is 13.8 Å². The number of benzene rings is 2. The molecule has 2 aromatic rings. The first-order valence-corrected chi connectivity index (χ1v) is 5.57. The van der Waals surface area contributed by atoms with Crippen molar-refractivity contribution in [3.05, 3.63) is 59.2 Å². The van der Waals surface area contributed by atoms with Crippen molar-refractivity contribution in [3.8, 4) is 11.1 Å². The molecule has 0 aliphatic heterocycles. The number of halogens is 1. The molecular formula is C15H18ClN. The minimum atomic E-state index is 0. The van der Waals surface area contributed by atoms with Crippen LogP contribution in [0.5, 0.6) is 0 Å². The summed E-state index contributed by atoms with van der Waals surface area (Å²) in [4.78, 5) is 0. The molecule has 0 radical (unpaired) electrons. The number of hydrogen-bond donors (Lipinski definition) is 1. The minimum absolute atomic E-state index is 0. The topological polar surface area (TPSA) is 26.0 Å². The van der Waals surface area contributed by atoms with Crippen LogP contribution in [0.15, 0.2) is 42.5 Å². The summed E-state index contributed by atoms with van der Waals surface area (Å²) in [6.45, 7) is 4.81. The molecule has 0 aliphatic carbocycles. The third kappa shape index (κ3) is 3.32.